The van der Waals surface area contributed by atoms with Gasteiger partial charge in [-0.05, 0) is 88.7 Å². The molecule has 0 radical (unpaired) electrons. The van der Waals surface area contributed by atoms with Gasteiger partial charge in [-0.1, -0.05) is 13.8 Å². The second-order valence-electron chi connectivity index (χ2n) is 13.0. The molecule has 4 aliphatic carbocycles. The third-order valence-electron chi connectivity index (χ3n) is 10.3. The lowest BCUT2D eigenvalue weighted by atomic mass is 9.45. The quantitative estimate of drug-likeness (QED) is 0.408. The van der Waals surface area contributed by atoms with Crippen molar-refractivity contribution in [2.75, 3.05) is 0 Å². The Bertz CT molecular complexity index is 901. The molecule has 7 nitrogen and oxygen atoms in total. The van der Waals surface area contributed by atoms with Crippen molar-refractivity contribution in [1.29, 1.82) is 0 Å². The lowest BCUT2D eigenvalue weighted by Gasteiger charge is -2.60. The minimum atomic E-state index is -1.66. The van der Waals surface area contributed by atoms with Crippen molar-refractivity contribution in [2.24, 2.45) is 28.6 Å². The fraction of sp³-hybridized carbons (Fsp3) is 0.852. The van der Waals surface area contributed by atoms with Crippen LogP contribution in [0.5, 0.6) is 0 Å². The van der Waals surface area contributed by atoms with Gasteiger partial charge in [-0.2, -0.15) is 0 Å². The van der Waals surface area contributed by atoms with Crippen molar-refractivity contribution in [3.8, 4) is 0 Å². The van der Waals surface area contributed by atoms with Gasteiger partial charge in [0.05, 0.1) is 23.4 Å². The summed E-state index contributed by atoms with van der Waals surface area (Å²) in [7, 11) is 0. The van der Waals surface area contributed by atoms with E-state index in [0.29, 0.717) is 37.7 Å². The minimum absolute atomic E-state index is 0.0469. The lowest BCUT2D eigenvalue weighted by molar-refractivity contribution is -0.167. The van der Waals surface area contributed by atoms with Crippen LogP contribution in [0.4, 0.5) is 0 Å². The van der Waals surface area contributed by atoms with Crippen molar-refractivity contribution < 1.29 is 35.1 Å². The second kappa shape index (κ2) is 7.94. The Balaban J connectivity index is 1.67. The average molecular weight is 479 g/mol. The van der Waals surface area contributed by atoms with Gasteiger partial charge in [-0.25, -0.2) is 0 Å². The van der Waals surface area contributed by atoms with Gasteiger partial charge >= 0.3 is 0 Å². The smallest absolute Gasteiger partial charge is 0.164 e. The van der Waals surface area contributed by atoms with Crippen LogP contribution < -0.4 is 0 Å². The lowest BCUT2D eigenvalue weighted by Crippen LogP contribution is -2.62. The van der Waals surface area contributed by atoms with E-state index in [2.05, 4.69) is 0 Å². The van der Waals surface area contributed by atoms with Crippen molar-refractivity contribution >= 4 is 11.6 Å². The van der Waals surface area contributed by atoms with Gasteiger partial charge in [-0.15, -0.1) is 0 Å². The minimum Gasteiger partial charge on any atom is -0.390 e. The first-order chi connectivity index (χ1) is 15.5. The van der Waals surface area contributed by atoms with Gasteiger partial charge in [0.15, 0.2) is 11.6 Å². The first kappa shape index (κ1) is 26.0. The van der Waals surface area contributed by atoms with E-state index in [1.165, 1.54) is 6.92 Å². The van der Waals surface area contributed by atoms with Gasteiger partial charge in [0.1, 0.15) is 5.60 Å². The Morgan fingerprint density at radius 1 is 1.06 bits per heavy atom. The van der Waals surface area contributed by atoms with Crippen molar-refractivity contribution in [2.45, 2.75) is 115 Å². The number of aliphatic hydroxyl groups excluding tert-OH is 2. The maximum Gasteiger partial charge on any atom is 0.164 e. The third-order valence-corrected chi connectivity index (χ3v) is 10.3. The van der Waals surface area contributed by atoms with Gasteiger partial charge < -0.3 is 25.5 Å². The topological polar surface area (TPSA) is 135 Å². The fourth-order valence-electron chi connectivity index (χ4n) is 8.14. The van der Waals surface area contributed by atoms with E-state index in [-0.39, 0.29) is 36.7 Å². The first-order valence-corrected chi connectivity index (χ1v) is 12.8. The van der Waals surface area contributed by atoms with E-state index < -0.39 is 51.7 Å². The Morgan fingerprint density at radius 2 is 1.71 bits per heavy atom. The first-order valence-electron chi connectivity index (χ1n) is 12.8. The van der Waals surface area contributed by atoms with E-state index in [4.69, 9.17) is 0 Å². The van der Waals surface area contributed by atoms with Crippen molar-refractivity contribution in [3.05, 3.63) is 11.6 Å². The van der Waals surface area contributed by atoms with Crippen molar-refractivity contribution in [1.82, 2.24) is 0 Å². The summed E-state index contributed by atoms with van der Waals surface area (Å²) in [6, 6.07) is 0. The number of carbonyl (C=O) groups is 2. The van der Waals surface area contributed by atoms with E-state index in [0.717, 1.165) is 0 Å². The number of ketones is 2. The number of carbonyl (C=O) groups excluding carboxylic acids is 2. The molecule has 0 saturated heterocycles. The van der Waals surface area contributed by atoms with Gasteiger partial charge in [0, 0.05) is 23.7 Å². The summed E-state index contributed by atoms with van der Waals surface area (Å²) in [5, 5.41) is 54.3. The zero-order valence-corrected chi connectivity index (χ0v) is 21.2. The maximum atomic E-state index is 13.2. The molecule has 4 rings (SSSR count). The van der Waals surface area contributed by atoms with Crippen LogP contribution in [-0.4, -0.2) is 66.1 Å². The predicted octanol–water partition coefficient (Wildman–Crippen LogP) is 2.06. The molecule has 0 amide bonds. The number of aliphatic hydroxyl groups is 5. The zero-order valence-electron chi connectivity index (χ0n) is 21.2. The van der Waals surface area contributed by atoms with Crippen LogP contribution in [0.15, 0.2) is 11.6 Å². The summed E-state index contributed by atoms with van der Waals surface area (Å²) in [4.78, 5) is 26.3. The molecule has 0 heterocycles. The van der Waals surface area contributed by atoms with Crippen LogP contribution in [0.1, 0.15) is 86.0 Å². The highest BCUT2D eigenvalue weighted by Gasteiger charge is 2.69. The van der Waals surface area contributed by atoms with E-state index >= 15 is 0 Å². The molecule has 0 aromatic heterocycles. The summed E-state index contributed by atoms with van der Waals surface area (Å²) in [5.41, 5.74) is -4.67. The van der Waals surface area contributed by atoms with Crippen LogP contribution in [0.25, 0.3) is 0 Å². The summed E-state index contributed by atoms with van der Waals surface area (Å²) in [5.74, 6) is -1.44. The van der Waals surface area contributed by atoms with Crippen LogP contribution in [0, 0.1) is 28.6 Å². The molecule has 3 saturated carbocycles. The fourth-order valence-corrected chi connectivity index (χ4v) is 8.14. The molecule has 4 aliphatic rings. The number of hydrogen-bond donors (Lipinski definition) is 5. The highest BCUT2D eigenvalue weighted by molar-refractivity contribution is 5.95. The summed E-state index contributed by atoms with van der Waals surface area (Å²) in [6.45, 7) is 8.72. The van der Waals surface area contributed by atoms with Crippen LogP contribution in [0.2, 0.25) is 0 Å². The monoisotopic (exact) mass is 478 g/mol. The Labute approximate surface area is 202 Å². The molecular formula is C27H42O7. The predicted molar refractivity (Wildman–Crippen MR) is 126 cm³/mol. The second-order valence-corrected chi connectivity index (χ2v) is 13.0. The number of allylic oxidation sites excluding steroid dienone is 1. The van der Waals surface area contributed by atoms with E-state index in [1.807, 2.05) is 13.8 Å². The molecule has 0 aliphatic heterocycles. The van der Waals surface area contributed by atoms with Crippen LogP contribution >= 0.6 is 0 Å². The standard InChI is InChI=1S/C27H42O7/c1-23(2,32)9-8-22(31)26(5,33)21-7-11-27(34)16-12-18(28)17-13-19(29)20(30)14-24(17,3)15(16)6-10-25(21,27)4/h12,15,17,19-21,29-30,32-34H,6-11,13-14H2,1-5H3/t15?,17-,19+,20-,21?,24+,25+,26-,27+/m0/s1. The highest BCUT2D eigenvalue weighted by Crippen LogP contribution is 2.68. The number of rotatable bonds is 5. The van der Waals surface area contributed by atoms with Gasteiger partial charge in [-0.3, -0.25) is 9.59 Å². The van der Waals surface area contributed by atoms with E-state index in [9.17, 15) is 35.1 Å². The third kappa shape index (κ3) is 3.65. The normalized spacial score (nSPS) is 46.1. The number of hydrogen-bond acceptors (Lipinski definition) is 7. The summed E-state index contributed by atoms with van der Waals surface area (Å²) < 4.78 is 0. The molecule has 0 aromatic carbocycles. The Kier molecular flexibility index (Phi) is 6.06. The van der Waals surface area contributed by atoms with Gasteiger partial charge in [0.25, 0.3) is 0 Å². The van der Waals surface area contributed by atoms with E-state index in [1.54, 1.807) is 19.9 Å². The molecule has 0 bridgehead atoms. The molecule has 3 fully saturated rings. The van der Waals surface area contributed by atoms with Crippen molar-refractivity contribution in [3.63, 3.8) is 0 Å². The average Bonchev–Trinajstić information content (AvgIpc) is 3.00. The van der Waals surface area contributed by atoms with Crippen LogP contribution in [0.3, 0.4) is 0 Å². The number of fused-ring (bicyclic) bond motifs is 5. The molecule has 2 unspecified atom stereocenters. The summed E-state index contributed by atoms with van der Waals surface area (Å²) >= 11 is 0. The van der Waals surface area contributed by atoms with Gasteiger partial charge in [0.2, 0.25) is 0 Å². The molecule has 5 N–H and O–H groups in total. The van der Waals surface area contributed by atoms with Crippen LogP contribution in [-0.2, 0) is 9.59 Å². The SMILES string of the molecule is CC(C)(O)CCC(=O)[C@@](C)(O)C1CC[C@@]2(O)C3=CC(=O)[C@@H]4C[C@@H](O)[C@@H](O)C[C@]4(C)C3CC[C@]12C. The molecular weight excluding hydrogens is 436 g/mol. The molecule has 9 atom stereocenters. The molecule has 7 heteroatoms. The Hall–Kier alpha value is -1.12. The maximum absolute atomic E-state index is 13.2. The molecule has 0 spiro atoms. The zero-order chi connectivity index (χ0) is 25.5. The number of Topliss-reactive ketones (excluding diaryl/α,β-unsaturated/α-hetero) is 1. The molecule has 192 valence electrons. The molecule has 0 aromatic rings. The Morgan fingerprint density at radius 3 is 2.32 bits per heavy atom. The largest absolute Gasteiger partial charge is 0.390 e. The summed E-state index contributed by atoms with van der Waals surface area (Å²) in [6.07, 6.45) is 2.63. The highest BCUT2D eigenvalue weighted by atomic mass is 16.3. The molecule has 34 heavy (non-hydrogen) atoms.